The molecule has 0 amide bonds. The molecule has 2 N–H and O–H groups in total. The zero-order valence-electron chi connectivity index (χ0n) is 8.24. The fourth-order valence-corrected chi connectivity index (χ4v) is 1.95. The summed E-state index contributed by atoms with van der Waals surface area (Å²) in [7, 11) is 0. The van der Waals surface area contributed by atoms with Crippen LogP contribution in [0.2, 0.25) is 0 Å². The van der Waals surface area contributed by atoms with Crippen molar-refractivity contribution in [1.82, 2.24) is 9.97 Å². The second-order valence-electron chi connectivity index (χ2n) is 3.32. The molecule has 0 unspecified atom stereocenters. The quantitative estimate of drug-likeness (QED) is 0.861. The largest absolute Gasteiger partial charge is 0.396 e. The van der Waals surface area contributed by atoms with Crippen LogP contribution in [-0.2, 0) is 0 Å². The monoisotopic (exact) mass is 263 g/mol. The van der Waals surface area contributed by atoms with Crippen LogP contribution in [-0.4, -0.2) is 9.97 Å². The summed E-state index contributed by atoms with van der Waals surface area (Å²) in [5.74, 6) is 0.677. The minimum absolute atomic E-state index is 0.571. The first-order valence-corrected chi connectivity index (χ1v) is 5.30. The predicted molar refractivity (Wildman–Crippen MR) is 64.3 cm³/mol. The van der Waals surface area contributed by atoms with Crippen molar-refractivity contribution in [2.45, 2.75) is 6.92 Å². The Labute approximate surface area is 96.5 Å². The topological polar surface area (TPSA) is 51.8 Å². The first-order chi connectivity index (χ1) is 7.16. The third kappa shape index (κ3) is 2.15. The van der Waals surface area contributed by atoms with Crippen molar-refractivity contribution in [2.75, 3.05) is 5.73 Å². The van der Waals surface area contributed by atoms with Gasteiger partial charge in [0.1, 0.15) is 0 Å². The Hall–Kier alpha value is -1.42. The minimum atomic E-state index is 0.571. The third-order valence-electron chi connectivity index (χ3n) is 2.04. The number of hydrogen-bond acceptors (Lipinski definition) is 3. The fraction of sp³-hybridized carbons (Fsp3) is 0.0909. The Bertz CT molecular complexity index is 480. The molecule has 0 radical (unpaired) electrons. The van der Waals surface area contributed by atoms with Crippen molar-refractivity contribution in [3.63, 3.8) is 0 Å². The van der Waals surface area contributed by atoms with E-state index in [1.165, 1.54) is 5.56 Å². The highest BCUT2D eigenvalue weighted by molar-refractivity contribution is 9.10. The van der Waals surface area contributed by atoms with Gasteiger partial charge in [0, 0.05) is 10.0 Å². The van der Waals surface area contributed by atoms with Crippen molar-refractivity contribution >= 4 is 21.6 Å². The molecule has 0 aliphatic heterocycles. The van der Waals surface area contributed by atoms with Crippen molar-refractivity contribution in [3.05, 3.63) is 40.6 Å². The maximum absolute atomic E-state index is 5.53. The van der Waals surface area contributed by atoms with Gasteiger partial charge in [-0.3, -0.25) is 0 Å². The van der Waals surface area contributed by atoms with E-state index in [1.807, 2.05) is 25.1 Å². The normalized spacial score (nSPS) is 10.3. The molecular weight excluding hydrogens is 254 g/mol. The van der Waals surface area contributed by atoms with Crippen LogP contribution in [0.3, 0.4) is 0 Å². The number of nitrogens with two attached hydrogens (primary N) is 1. The van der Waals surface area contributed by atoms with Gasteiger partial charge in [-0.15, -0.1) is 0 Å². The highest BCUT2D eigenvalue weighted by Gasteiger charge is 2.05. The first kappa shape index (κ1) is 10.1. The number of halogens is 1. The second kappa shape index (κ2) is 3.98. The lowest BCUT2D eigenvalue weighted by atomic mass is 10.1. The smallest absolute Gasteiger partial charge is 0.160 e. The number of aromatic nitrogens is 2. The molecule has 3 nitrogen and oxygen atoms in total. The van der Waals surface area contributed by atoms with E-state index in [9.17, 15) is 0 Å². The average molecular weight is 264 g/mol. The molecule has 0 atom stereocenters. The van der Waals surface area contributed by atoms with Gasteiger partial charge in [0.25, 0.3) is 0 Å². The van der Waals surface area contributed by atoms with Crippen LogP contribution in [0.25, 0.3) is 11.4 Å². The van der Waals surface area contributed by atoms with Gasteiger partial charge in [-0.05, 0) is 24.6 Å². The van der Waals surface area contributed by atoms with Crippen LogP contribution in [0, 0.1) is 6.92 Å². The molecule has 0 aliphatic rings. The van der Waals surface area contributed by atoms with E-state index in [4.69, 9.17) is 5.73 Å². The average Bonchev–Trinajstić information content (AvgIpc) is 2.20. The molecule has 2 aromatic rings. The van der Waals surface area contributed by atoms with E-state index in [0.717, 1.165) is 10.0 Å². The Kier molecular flexibility index (Phi) is 2.68. The highest BCUT2D eigenvalue weighted by atomic mass is 79.9. The van der Waals surface area contributed by atoms with Crippen molar-refractivity contribution in [3.8, 4) is 11.4 Å². The van der Waals surface area contributed by atoms with Gasteiger partial charge in [-0.2, -0.15) is 0 Å². The molecule has 0 aliphatic carbocycles. The van der Waals surface area contributed by atoms with E-state index >= 15 is 0 Å². The fourth-order valence-electron chi connectivity index (χ4n) is 1.28. The Balaban J connectivity index is 2.49. The highest BCUT2D eigenvalue weighted by Crippen LogP contribution is 2.26. The standard InChI is InChI=1S/C11H10BrN3/c1-7-2-3-9(10(12)4-7)11-14-5-8(13)6-15-11/h2-6H,13H2,1H3. The summed E-state index contributed by atoms with van der Waals surface area (Å²) in [6.45, 7) is 2.04. The van der Waals surface area contributed by atoms with Crippen LogP contribution in [0.5, 0.6) is 0 Å². The number of nitrogen functional groups attached to an aromatic ring is 1. The first-order valence-electron chi connectivity index (χ1n) is 4.51. The molecule has 1 aromatic carbocycles. The van der Waals surface area contributed by atoms with Crippen LogP contribution >= 0.6 is 15.9 Å². The number of aryl methyl sites for hydroxylation is 1. The van der Waals surface area contributed by atoms with Gasteiger partial charge < -0.3 is 5.73 Å². The summed E-state index contributed by atoms with van der Waals surface area (Å²) >= 11 is 3.49. The third-order valence-corrected chi connectivity index (χ3v) is 2.69. The number of rotatable bonds is 1. The van der Waals surface area contributed by atoms with Gasteiger partial charge in [0.05, 0.1) is 18.1 Å². The van der Waals surface area contributed by atoms with Crippen LogP contribution in [0.4, 0.5) is 5.69 Å². The second-order valence-corrected chi connectivity index (χ2v) is 4.18. The number of nitrogens with zero attached hydrogens (tertiary/aromatic N) is 2. The molecule has 2 rings (SSSR count). The van der Waals surface area contributed by atoms with E-state index in [0.29, 0.717) is 11.5 Å². The predicted octanol–water partition coefficient (Wildman–Crippen LogP) is 2.80. The molecule has 0 saturated heterocycles. The van der Waals surface area contributed by atoms with Gasteiger partial charge in [0.15, 0.2) is 5.82 Å². The van der Waals surface area contributed by atoms with Crippen LogP contribution in [0.1, 0.15) is 5.56 Å². The van der Waals surface area contributed by atoms with E-state index in [1.54, 1.807) is 12.4 Å². The maximum Gasteiger partial charge on any atom is 0.160 e. The number of anilines is 1. The zero-order chi connectivity index (χ0) is 10.8. The van der Waals surface area contributed by atoms with Gasteiger partial charge in [-0.1, -0.05) is 22.0 Å². The van der Waals surface area contributed by atoms with Crippen molar-refractivity contribution < 1.29 is 0 Å². The molecule has 15 heavy (non-hydrogen) atoms. The molecule has 76 valence electrons. The van der Waals surface area contributed by atoms with Gasteiger partial charge in [0.2, 0.25) is 0 Å². The van der Waals surface area contributed by atoms with Crippen molar-refractivity contribution in [2.24, 2.45) is 0 Å². The molecule has 4 heteroatoms. The van der Waals surface area contributed by atoms with Crippen LogP contribution < -0.4 is 5.73 Å². The zero-order valence-corrected chi connectivity index (χ0v) is 9.82. The molecule has 1 heterocycles. The summed E-state index contributed by atoms with van der Waals surface area (Å²) in [5.41, 5.74) is 8.27. The van der Waals surface area contributed by atoms with Gasteiger partial charge >= 0.3 is 0 Å². The maximum atomic E-state index is 5.53. The van der Waals surface area contributed by atoms with E-state index < -0.39 is 0 Å². The summed E-state index contributed by atoms with van der Waals surface area (Å²) in [4.78, 5) is 8.35. The minimum Gasteiger partial charge on any atom is -0.396 e. The Morgan fingerprint density at radius 2 is 1.87 bits per heavy atom. The van der Waals surface area contributed by atoms with Crippen molar-refractivity contribution in [1.29, 1.82) is 0 Å². The molecule has 0 spiro atoms. The molecule has 0 saturated carbocycles. The summed E-state index contributed by atoms with van der Waals surface area (Å²) in [6, 6.07) is 6.06. The van der Waals surface area contributed by atoms with Crippen LogP contribution in [0.15, 0.2) is 35.1 Å². The summed E-state index contributed by atoms with van der Waals surface area (Å²) in [5, 5.41) is 0. The molecular formula is C11H10BrN3. The summed E-state index contributed by atoms with van der Waals surface area (Å²) in [6.07, 6.45) is 3.21. The Morgan fingerprint density at radius 3 is 2.47 bits per heavy atom. The number of hydrogen-bond donors (Lipinski definition) is 1. The molecule has 0 fully saturated rings. The lowest BCUT2D eigenvalue weighted by Gasteiger charge is -2.03. The lowest BCUT2D eigenvalue weighted by molar-refractivity contribution is 1.18. The number of benzene rings is 1. The molecule has 0 bridgehead atoms. The van der Waals surface area contributed by atoms with E-state index in [-0.39, 0.29) is 0 Å². The Morgan fingerprint density at radius 1 is 1.20 bits per heavy atom. The lowest BCUT2D eigenvalue weighted by Crippen LogP contribution is -1.93. The SMILES string of the molecule is Cc1ccc(-c2ncc(N)cn2)c(Br)c1. The van der Waals surface area contributed by atoms with Gasteiger partial charge in [-0.25, -0.2) is 9.97 Å². The van der Waals surface area contributed by atoms with E-state index in [2.05, 4.69) is 25.9 Å². The molecule has 1 aromatic heterocycles. The summed E-state index contributed by atoms with van der Waals surface area (Å²) < 4.78 is 0.993.